The molecule has 0 saturated heterocycles. The first kappa shape index (κ1) is 17.8. The topological polar surface area (TPSA) is 46.5 Å². The van der Waals surface area contributed by atoms with E-state index >= 15 is 0 Å². The lowest BCUT2D eigenvalue weighted by molar-refractivity contribution is -0.138. The van der Waals surface area contributed by atoms with Crippen LogP contribution in [0, 0.1) is 0 Å². The summed E-state index contributed by atoms with van der Waals surface area (Å²) in [6.07, 6.45) is -4.49. The fourth-order valence-corrected chi connectivity index (χ4v) is 2.45. The molecule has 1 N–H and O–H groups in total. The standard InChI is InChI=1S/C18H17F3O3/c1-2-24-15-8-4-6-13(11-15)16(17(22)23)10-12-5-3-7-14(9-12)18(19,20)21/h3-9,11,16H,2,10H2,1H3,(H,22,23). The van der Waals surface area contributed by atoms with Crippen LogP contribution in [0.1, 0.15) is 29.5 Å². The van der Waals surface area contributed by atoms with Crippen molar-refractivity contribution in [2.24, 2.45) is 0 Å². The molecule has 0 saturated carbocycles. The summed E-state index contributed by atoms with van der Waals surface area (Å²) in [7, 11) is 0. The predicted octanol–water partition coefficient (Wildman–Crippen LogP) is 4.52. The van der Waals surface area contributed by atoms with Crippen LogP contribution in [0.15, 0.2) is 48.5 Å². The van der Waals surface area contributed by atoms with Gasteiger partial charge in [0, 0.05) is 0 Å². The summed E-state index contributed by atoms with van der Waals surface area (Å²) in [4.78, 5) is 11.6. The third kappa shape index (κ3) is 4.50. The van der Waals surface area contributed by atoms with Crippen molar-refractivity contribution in [1.82, 2.24) is 0 Å². The van der Waals surface area contributed by atoms with Crippen LogP contribution in [-0.4, -0.2) is 17.7 Å². The molecular formula is C18H17F3O3. The maximum atomic E-state index is 12.8. The zero-order chi connectivity index (χ0) is 17.7. The second-order valence-corrected chi connectivity index (χ2v) is 5.30. The zero-order valence-corrected chi connectivity index (χ0v) is 13.0. The molecule has 2 aromatic rings. The Morgan fingerprint density at radius 3 is 2.50 bits per heavy atom. The van der Waals surface area contributed by atoms with Gasteiger partial charge in [-0.1, -0.05) is 30.3 Å². The van der Waals surface area contributed by atoms with Crippen LogP contribution in [0.4, 0.5) is 13.2 Å². The highest BCUT2D eigenvalue weighted by Gasteiger charge is 2.31. The molecule has 2 rings (SSSR count). The monoisotopic (exact) mass is 338 g/mol. The molecule has 0 aliphatic heterocycles. The first-order valence-electron chi connectivity index (χ1n) is 7.43. The predicted molar refractivity (Wildman–Crippen MR) is 83.1 cm³/mol. The van der Waals surface area contributed by atoms with E-state index in [1.807, 2.05) is 6.92 Å². The van der Waals surface area contributed by atoms with Crippen molar-refractivity contribution in [2.45, 2.75) is 25.4 Å². The van der Waals surface area contributed by atoms with E-state index in [1.165, 1.54) is 12.1 Å². The number of carboxylic acids is 1. The number of carboxylic acid groups (broad SMARTS) is 1. The van der Waals surface area contributed by atoms with E-state index in [1.54, 1.807) is 24.3 Å². The first-order chi connectivity index (χ1) is 11.3. The molecule has 1 unspecified atom stereocenters. The maximum Gasteiger partial charge on any atom is 0.416 e. The highest BCUT2D eigenvalue weighted by Crippen LogP contribution is 2.31. The van der Waals surface area contributed by atoms with Gasteiger partial charge in [0.1, 0.15) is 5.75 Å². The summed E-state index contributed by atoms with van der Waals surface area (Å²) in [5.41, 5.74) is 0.0251. The highest BCUT2D eigenvalue weighted by molar-refractivity contribution is 5.76. The molecular weight excluding hydrogens is 321 g/mol. The Hall–Kier alpha value is -2.50. The van der Waals surface area contributed by atoms with Crippen LogP contribution < -0.4 is 4.74 Å². The average Bonchev–Trinajstić information content (AvgIpc) is 2.52. The Kier molecular flexibility index (Phi) is 5.49. The number of halogens is 3. The van der Waals surface area contributed by atoms with Crippen molar-refractivity contribution in [1.29, 1.82) is 0 Å². The van der Waals surface area contributed by atoms with Gasteiger partial charge in [0.25, 0.3) is 0 Å². The van der Waals surface area contributed by atoms with Crippen LogP contribution in [-0.2, 0) is 17.4 Å². The molecule has 0 aliphatic rings. The van der Waals surface area contributed by atoms with Crippen LogP contribution >= 0.6 is 0 Å². The summed E-state index contributed by atoms with van der Waals surface area (Å²) < 4.78 is 43.7. The Balaban J connectivity index is 2.30. The van der Waals surface area contributed by atoms with Crippen LogP contribution in [0.25, 0.3) is 0 Å². The normalized spacial score (nSPS) is 12.7. The van der Waals surface area contributed by atoms with Crippen molar-refractivity contribution in [2.75, 3.05) is 6.61 Å². The molecule has 2 aromatic carbocycles. The van der Waals surface area contributed by atoms with Gasteiger partial charge in [0.05, 0.1) is 18.1 Å². The minimum Gasteiger partial charge on any atom is -0.494 e. The van der Waals surface area contributed by atoms with Gasteiger partial charge < -0.3 is 9.84 Å². The van der Waals surface area contributed by atoms with E-state index in [9.17, 15) is 23.1 Å². The molecule has 0 bridgehead atoms. The Morgan fingerprint density at radius 2 is 1.88 bits per heavy atom. The van der Waals surface area contributed by atoms with Gasteiger partial charge in [-0.15, -0.1) is 0 Å². The first-order valence-corrected chi connectivity index (χ1v) is 7.43. The third-order valence-electron chi connectivity index (χ3n) is 3.56. The summed E-state index contributed by atoms with van der Waals surface area (Å²) in [5, 5.41) is 9.47. The molecule has 0 amide bonds. The summed E-state index contributed by atoms with van der Waals surface area (Å²) in [6.45, 7) is 2.25. The van der Waals surface area contributed by atoms with Crippen molar-refractivity contribution in [3.8, 4) is 5.75 Å². The van der Waals surface area contributed by atoms with Gasteiger partial charge in [-0.2, -0.15) is 13.2 Å². The van der Waals surface area contributed by atoms with Crippen LogP contribution in [0.2, 0.25) is 0 Å². The molecule has 0 aliphatic carbocycles. The summed E-state index contributed by atoms with van der Waals surface area (Å²) in [5.74, 6) is -1.51. The van der Waals surface area contributed by atoms with Crippen molar-refractivity contribution in [3.05, 3.63) is 65.2 Å². The molecule has 0 aromatic heterocycles. The van der Waals surface area contributed by atoms with E-state index in [0.717, 1.165) is 12.1 Å². The Labute approximate surface area is 137 Å². The SMILES string of the molecule is CCOc1cccc(C(Cc2cccc(C(F)(F)F)c2)C(=O)O)c1. The van der Waals surface area contributed by atoms with E-state index in [4.69, 9.17) is 4.74 Å². The molecule has 6 heteroatoms. The number of rotatable bonds is 6. The number of hydrogen-bond acceptors (Lipinski definition) is 2. The van der Waals surface area contributed by atoms with Gasteiger partial charge in [-0.05, 0) is 42.7 Å². The maximum absolute atomic E-state index is 12.8. The van der Waals surface area contributed by atoms with E-state index in [2.05, 4.69) is 0 Å². The van der Waals surface area contributed by atoms with E-state index in [-0.39, 0.29) is 6.42 Å². The van der Waals surface area contributed by atoms with Crippen molar-refractivity contribution < 1.29 is 27.8 Å². The van der Waals surface area contributed by atoms with Gasteiger partial charge >= 0.3 is 12.1 Å². The minimum atomic E-state index is -4.45. The molecule has 0 radical (unpaired) electrons. The van der Waals surface area contributed by atoms with Crippen molar-refractivity contribution in [3.63, 3.8) is 0 Å². The Morgan fingerprint density at radius 1 is 1.17 bits per heavy atom. The van der Waals surface area contributed by atoms with Crippen LogP contribution in [0.5, 0.6) is 5.75 Å². The molecule has 3 nitrogen and oxygen atoms in total. The van der Waals surface area contributed by atoms with E-state index < -0.39 is 23.6 Å². The number of hydrogen-bond donors (Lipinski definition) is 1. The van der Waals surface area contributed by atoms with E-state index in [0.29, 0.717) is 23.5 Å². The molecule has 0 fully saturated rings. The summed E-state index contributed by atoms with van der Waals surface area (Å²) in [6, 6.07) is 11.4. The minimum absolute atomic E-state index is 0.0329. The smallest absolute Gasteiger partial charge is 0.416 e. The lowest BCUT2D eigenvalue weighted by atomic mass is 9.91. The lowest BCUT2D eigenvalue weighted by Crippen LogP contribution is -2.15. The molecule has 24 heavy (non-hydrogen) atoms. The molecule has 0 spiro atoms. The fourth-order valence-electron chi connectivity index (χ4n) is 2.45. The number of carbonyl (C=O) groups is 1. The second kappa shape index (κ2) is 7.38. The molecule has 1 atom stereocenters. The second-order valence-electron chi connectivity index (χ2n) is 5.30. The van der Waals surface area contributed by atoms with Gasteiger partial charge in [0.15, 0.2) is 0 Å². The van der Waals surface area contributed by atoms with Gasteiger partial charge in [-0.25, -0.2) is 0 Å². The Bertz CT molecular complexity index is 711. The fraction of sp³-hybridized carbons (Fsp3) is 0.278. The number of benzene rings is 2. The largest absolute Gasteiger partial charge is 0.494 e. The molecule has 128 valence electrons. The van der Waals surface area contributed by atoms with Gasteiger partial charge in [-0.3, -0.25) is 4.79 Å². The average molecular weight is 338 g/mol. The zero-order valence-electron chi connectivity index (χ0n) is 13.0. The number of ether oxygens (including phenoxy) is 1. The number of aliphatic carboxylic acids is 1. The van der Waals surface area contributed by atoms with Crippen molar-refractivity contribution >= 4 is 5.97 Å². The van der Waals surface area contributed by atoms with Gasteiger partial charge in [0.2, 0.25) is 0 Å². The van der Waals surface area contributed by atoms with Crippen LogP contribution in [0.3, 0.4) is 0 Å². The summed E-state index contributed by atoms with van der Waals surface area (Å²) >= 11 is 0. The highest BCUT2D eigenvalue weighted by atomic mass is 19.4. The molecule has 0 heterocycles. The lowest BCUT2D eigenvalue weighted by Gasteiger charge is -2.15. The number of alkyl halides is 3. The third-order valence-corrected chi connectivity index (χ3v) is 3.56. The quantitative estimate of drug-likeness (QED) is 0.843.